The molecule has 0 bridgehead atoms. The van der Waals surface area contributed by atoms with Gasteiger partial charge in [-0.1, -0.05) is 72.8 Å². The SMILES string of the molecule is CC(C)(C)N(c1ccccc1)c1cccc(-c2cccc3ccccc23)c1. The summed E-state index contributed by atoms with van der Waals surface area (Å²) >= 11 is 0. The highest BCUT2D eigenvalue weighted by molar-refractivity contribution is 5.97. The van der Waals surface area contributed by atoms with Gasteiger partial charge in [-0.15, -0.1) is 0 Å². The Hall–Kier alpha value is -3.06. The zero-order valence-electron chi connectivity index (χ0n) is 16.2. The topological polar surface area (TPSA) is 3.24 Å². The van der Waals surface area contributed by atoms with E-state index >= 15 is 0 Å². The normalized spacial score (nSPS) is 11.5. The van der Waals surface area contributed by atoms with E-state index in [-0.39, 0.29) is 5.54 Å². The molecule has 0 unspecified atom stereocenters. The molecule has 0 radical (unpaired) electrons. The van der Waals surface area contributed by atoms with E-state index in [4.69, 9.17) is 0 Å². The van der Waals surface area contributed by atoms with Gasteiger partial charge in [0.25, 0.3) is 0 Å². The highest BCUT2D eigenvalue weighted by Gasteiger charge is 2.23. The molecule has 4 aromatic carbocycles. The number of hydrogen-bond donors (Lipinski definition) is 0. The van der Waals surface area contributed by atoms with Crippen LogP contribution < -0.4 is 4.90 Å². The molecule has 0 aliphatic carbocycles. The predicted octanol–water partition coefficient (Wildman–Crippen LogP) is 7.44. The third-order valence-electron chi connectivity index (χ3n) is 4.89. The van der Waals surface area contributed by atoms with Gasteiger partial charge in [0.05, 0.1) is 0 Å². The Morgan fingerprint density at radius 1 is 0.593 bits per heavy atom. The molecule has 0 amide bonds. The lowest BCUT2D eigenvalue weighted by molar-refractivity contribution is 0.560. The molecule has 0 saturated heterocycles. The Balaban J connectivity index is 1.86. The van der Waals surface area contributed by atoms with Gasteiger partial charge in [0.2, 0.25) is 0 Å². The van der Waals surface area contributed by atoms with Crippen molar-refractivity contribution < 1.29 is 0 Å². The fourth-order valence-corrected chi connectivity index (χ4v) is 3.79. The summed E-state index contributed by atoms with van der Waals surface area (Å²) in [4.78, 5) is 2.40. The molecule has 0 fully saturated rings. The minimum Gasteiger partial charge on any atom is -0.336 e. The molecule has 1 nitrogen and oxygen atoms in total. The Labute approximate surface area is 161 Å². The minimum atomic E-state index is -0.0290. The van der Waals surface area contributed by atoms with Crippen LogP contribution in [-0.4, -0.2) is 5.54 Å². The number of fused-ring (bicyclic) bond motifs is 1. The summed E-state index contributed by atoms with van der Waals surface area (Å²) in [5.41, 5.74) is 4.91. The Morgan fingerprint density at radius 3 is 2.00 bits per heavy atom. The van der Waals surface area contributed by atoms with E-state index in [1.807, 2.05) is 0 Å². The molecule has 0 aliphatic heterocycles. The summed E-state index contributed by atoms with van der Waals surface area (Å²) in [6.07, 6.45) is 0. The van der Waals surface area contributed by atoms with Gasteiger partial charge in [-0.25, -0.2) is 0 Å². The van der Waals surface area contributed by atoms with Crippen molar-refractivity contribution in [1.29, 1.82) is 0 Å². The lowest BCUT2D eigenvalue weighted by atomic mass is 9.96. The molecule has 0 atom stereocenters. The molecular formula is C26H25N. The summed E-state index contributed by atoms with van der Waals surface area (Å²) < 4.78 is 0. The molecule has 0 N–H and O–H groups in total. The van der Waals surface area contributed by atoms with E-state index < -0.39 is 0 Å². The monoisotopic (exact) mass is 351 g/mol. The van der Waals surface area contributed by atoms with Gasteiger partial charge in [-0.2, -0.15) is 0 Å². The highest BCUT2D eigenvalue weighted by Crippen LogP contribution is 2.36. The fraction of sp³-hybridized carbons (Fsp3) is 0.154. The summed E-state index contributed by atoms with van der Waals surface area (Å²) in [5, 5.41) is 2.57. The number of rotatable bonds is 3. The van der Waals surface area contributed by atoms with Crippen LogP contribution in [0.3, 0.4) is 0 Å². The maximum absolute atomic E-state index is 2.40. The van der Waals surface area contributed by atoms with E-state index in [0.29, 0.717) is 0 Å². The minimum absolute atomic E-state index is 0.0290. The van der Waals surface area contributed by atoms with Crippen LogP contribution in [0.1, 0.15) is 20.8 Å². The zero-order chi connectivity index (χ0) is 18.9. The molecule has 0 aliphatic rings. The molecular weight excluding hydrogens is 326 g/mol. The van der Waals surface area contributed by atoms with Crippen molar-refractivity contribution in [3.05, 3.63) is 97.1 Å². The molecule has 0 aromatic heterocycles. The molecule has 1 heteroatoms. The first-order valence-electron chi connectivity index (χ1n) is 9.47. The van der Waals surface area contributed by atoms with E-state index in [1.54, 1.807) is 0 Å². The molecule has 0 heterocycles. The van der Waals surface area contributed by atoms with E-state index in [0.717, 1.165) is 0 Å². The maximum atomic E-state index is 2.40. The predicted molar refractivity (Wildman–Crippen MR) is 118 cm³/mol. The van der Waals surface area contributed by atoms with Crippen molar-refractivity contribution in [3.63, 3.8) is 0 Å². The molecule has 0 spiro atoms. The number of para-hydroxylation sites is 1. The third kappa shape index (κ3) is 3.46. The van der Waals surface area contributed by atoms with Gasteiger partial charge in [-0.05, 0) is 66.9 Å². The largest absolute Gasteiger partial charge is 0.336 e. The Kier molecular flexibility index (Phi) is 4.45. The van der Waals surface area contributed by atoms with Crippen molar-refractivity contribution in [2.75, 3.05) is 4.90 Å². The molecule has 0 saturated carbocycles. The molecule has 4 rings (SSSR count). The van der Waals surface area contributed by atoms with Gasteiger partial charge < -0.3 is 4.90 Å². The Morgan fingerprint density at radius 2 is 1.22 bits per heavy atom. The number of nitrogens with zero attached hydrogens (tertiary/aromatic N) is 1. The quantitative estimate of drug-likeness (QED) is 0.370. The van der Waals surface area contributed by atoms with Crippen LogP contribution in [0.4, 0.5) is 11.4 Å². The van der Waals surface area contributed by atoms with Gasteiger partial charge in [0, 0.05) is 16.9 Å². The van der Waals surface area contributed by atoms with Crippen molar-refractivity contribution in [2.45, 2.75) is 26.3 Å². The van der Waals surface area contributed by atoms with Crippen LogP contribution in [0.5, 0.6) is 0 Å². The number of anilines is 2. The van der Waals surface area contributed by atoms with Gasteiger partial charge in [-0.3, -0.25) is 0 Å². The lowest BCUT2D eigenvalue weighted by Gasteiger charge is -2.38. The Bertz CT molecular complexity index is 1050. The smallest absolute Gasteiger partial charge is 0.0422 e. The first-order valence-corrected chi connectivity index (χ1v) is 9.47. The summed E-state index contributed by atoms with van der Waals surface area (Å²) in [6, 6.07) is 34.6. The lowest BCUT2D eigenvalue weighted by Crippen LogP contribution is -2.37. The van der Waals surface area contributed by atoms with Crippen molar-refractivity contribution >= 4 is 22.1 Å². The van der Waals surface area contributed by atoms with Gasteiger partial charge in [0.1, 0.15) is 0 Å². The second-order valence-corrected chi connectivity index (χ2v) is 7.92. The van der Waals surface area contributed by atoms with Gasteiger partial charge >= 0.3 is 0 Å². The van der Waals surface area contributed by atoms with Crippen molar-refractivity contribution in [3.8, 4) is 11.1 Å². The van der Waals surface area contributed by atoms with Crippen LogP contribution in [-0.2, 0) is 0 Å². The van der Waals surface area contributed by atoms with Crippen LogP contribution in [0.25, 0.3) is 21.9 Å². The van der Waals surface area contributed by atoms with Gasteiger partial charge in [0.15, 0.2) is 0 Å². The molecule has 27 heavy (non-hydrogen) atoms. The van der Waals surface area contributed by atoms with Crippen molar-refractivity contribution in [2.24, 2.45) is 0 Å². The standard InChI is InChI=1S/C26H25N/c1-26(2,3)27(22-14-5-4-6-15-22)23-16-9-13-21(19-23)25-18-10-12-20-11-7-8-17-24(20)25/h4-19H,1-3H3. The van der Waals surface area contributed by atoms with Crippen LogP contribution in [0.2, 0.25) is 0 Å². The van der Waals surface area contributed by atoms with Crippen molar-refractivity contribution in [1.82, 2.24) is 0 Å². The average Bonchev–Trinajstić information content (AvgIpc) is 2.68. The third-order valence-corrected chi connectivity index (χ3v) is 4.89. The van der Waals surface area contributed by atoms with Crippen LogP contribution in [0, 0.1) is 0 Å². The molecule has 134 valence electrons. The highest BCUT2D eigenvalue weighted by atomic mass is 15.2. The first kappa shape index (κ1) is 17.4. The average molecular weight is 351 g/mol. The summed E-state index contributed by atoms with van der Waals surface area (Å²) in [6.45, 7) is 6.76. The van der Waals surface area contributed by atoms with E-state index in [1.165, 1.54) is 33.3 Å². The second kappa shape index (κ2) is 6.92. The van der Waals surface area contributed by atoms with E-state index in [2.05, 4.69) is 123 Å². The molecule has 4 aromatic rings. The van der Waals surface area contributed by atoms with Crippen LogP contribution in [0.15, 0.2) is 97.1 Å². The first-order chi connectivity index (χ1) is 13.0. The van der Waals surface area contributed by atoms with E-state index in [9.17, 15) is 0 Å². The summed E-state index contributed by atoms with van der Waals surface area (Å²) in [5.74, 6) is 0. The maximum Gasteiger partial charge on any atom is 0.0422 e. The number of benzene rings is 4. The summed E-state index contributed by atoms with van der Waals surface area (Å²) in [7, 11) is 0. The zero-order valence-corrected chi connectivity index (χ0v) is 16.2. The number of hydrogen-bond acceptors (Lipinski definition) is 1. The second-order valence-electron chi connectivity index (χ2n) is 7.92. The fourth-order valence-electron chi connectivity index (χ4n) is 3.79. The van der Waals surface area contributed by atoms with Crippen LogP contribution >= 0.6 is 0 Å².